The van der Waals surface area contributed by atoms with Crippen molar-refractivity contribution in [3.05, 3.63) is 71.0 Å². The van der Waals surface area contributed by atoms with E-state index in [4.69, 9.17) is 21.1 Å². The summed E-state index contributed by atoms with van der Waals surface area (Å²) in [5, 5.41) is 0.406. The Bertz CT molecular complexity index is 1130. The van der Waals surface area contributed by atoms with Gasteiger partial charge in [-0.25, -0.2) is 14.8 Å². The van der Waals surface area contributed by atoms with Gasteiger partial charge in [0, 0.05) is 18.0 Å². The molecular formula is C34H45ClN2O3. The average molecular weight is 565 g/mol. The van der Waals surface area contributed by atoms with Gasteiger partial charge in [0.1, 0.15) is 11.5 Å². The molecule has 0 unspecified atom stereocenters. The van der Waals surface area contributed by atoms with Gasteiger partial charge in [0.15, 0.2) is 5.82 Å². The first-order chi connectivity index (χ1) is 19.6. The normalized spacial score (nSPS) is 11.0. The molecule has 2 aromatic carbocycles. The van der Waals surface area contributed by atoms with Crippen molar-refractivity contribution in [2.24, 2.45) is 0 Å². The lowest BCUT2D eigenvalue weighted by molar-refractivity contribution is 0.0734. The predicted octanol–water partition coefficient (Wildman–Crippen LogP) is 10.0. The average Bonchev–Trinajstić information content (AvgIpc) is 2.97. The molecule has 0 bridgehead atoms. The van der Waals surface area contributed by atoms with Crippen molar-refractivity contribution in [3.8, 4) is 22.9 Å². The molecule has 0 aliphatic heterocycles. The van der Waals surface area contributed by atoms with E-state index in [2.05, 4.69) is 23.8 Å². The van der Waals surface area contributed by atoms with Crippen LogP contribution in [0.15, 0.2) is 54.9 Å². The van der Waals surface area contributed by atoms with Gasteiger partial charge in [-0.15, -0.1) is 0 Å². The number of carbonyl (C=O) groups is 1. The summed E-state index contributed by atoms with van der Waals surface area (Å²) in [6.45, 7) is 5.08. The van der Waals surface area contributed by atoms with E-state index in [9.17, 15) is 4.79 Å². The monoisotopic (exact) mass is 564 g/mol. The lowest BCUT2D eigenvalue weighted by Crippen LogP contribution is -2.08. The maximum Gasteiger partial charge on any atom is 0.343 e. The summed E-state index contributed by atoms with van der Waals surface area (Å²) in [6.07, 6.45) is 21.1. The number of aryl methyl sites for hydroxylation is 1. The van der Waals surface area contributed by atoms with Crippen molar-refractivity contribution < 1.29 is 14.3 Å². The molecule has 3 rings (SSSR count). The molecule has 0 aliphatic rings. The Kier molecular flexibility index (Phi) is 14.6. The van der Waals surface area contributed by atoms with E-state index >= 15 is 0 Å². The Morgan fingerprint density at radius 1 is 0.750 bits per heavy atom. The largest absolute Gasteiger partial charge is 0.492 e. The van der Waals surface area contributed by atoms with Crippen molar-refractivity contribution in [2.45, 2.75) is 104 Å². The first-order valence-corrected chi connectivity index (χ1v) is 15.5. The van der Waals surface area contributed by atoms with Gasteiger partial charge in [-0.05, 0) is 67.3 Å². The molecule has 5 nitrogen and oxygen atoms in total. The van der Waals surface area contributed by atoms with Crippen molar-refractivity contribution in [2.75, 3.05) is 6.61 Å². The minimum absolute atomic E-state index is 0.376. The summed E-state index contributed by atoms with van der Waals surface area (Å²) >= 11 is 6.37. The molecule has 1 aromatic heterocycles. The van der Waals surface area contributed by atoms with Crippen molar-refractivity contribution in [3.63, 3.8) is 0 Å². The second-order valence-electron chi connectivity index (χ2n) is 10.5. The Morgan fingerprint density at radius 3 is 1.98 bits per heavy atom. The van der Waals surface area contributed by atoms with Crippen LogP contribution in [0.4, 0.5) is 0 Å². The minimum atomic E-state index is -0.469. The number of nitrogens with zero attached hydrogens (tertiary/aromatic N) is 2. The van der Waals surface area contributed by atoms with Gasteiger partial charge in [-0.1, -0.05) is 96.1 Å². The number of carbonyl (C=O) groups excluding carboxylic acids is 1. The van der Waals surface area contributed by atoms with Gasteiger partial charge in [0.25, 0.3) is 0 Å². The molecule has 0 N–H and O–H groups in total. The minimum Gasteiger partial charge on any atom is -0.492 e. The van der Waals surface area contributed by atoms with Crippen LogP contribution in [0.25, 0.3) is 11.4 Å². The number of hydrogen-bond donors (Lipinski definition) is 0. The zero-order valence-corrected chi connectivity index (χ0v) is 25.1. The fourth-order valence-corrected chi connectivity index (χ4v) is 4.80. The van der Waals surface area contributed by atoms with E-state index < -0.39 is 5.97 Å². The highest BCUT2D eigenvalue weighted by Gasteiger charge is 2.13. The molecule has 0 radical (unpaired) electrons. The molecular weight excluding hydrogens is 520 g/mol. The lowest BCUT2D eigenvalue weighted by Gasteiger charge is -2.10. The van der Waals surface area contributed by atoms with Crippen LogP contribution in [0.1, 0.15) is 113 Å². The van der Waals surface area contributed by atoms with Crippen LogP contribution in [-0.4, -0.2) is 22.5 Å². The third-order valence-electron chi connectivity index (χ3n) is 7.02. The molecule has 0 fully saturated rings. The Morgan fingerprint density at radius 2 is 1.35 bits per heavy atom. The molecule has 0 atom stereocenters. The van der Waals surface area contributed by atoms with E-state index in [0.29, 0.717) is 34.5 Å². The van der Waals surface area contributed by atoms with E-state index in [1.807, 2.05) is 24.5 Å². The first-order valence-electron chi connectivity index (χ1n) is 15.2. The molecule has 6 heteroatoms. The van der Waals surface area contributed by atoms with E-state index in [0.717, 1.165) is 24.8 Å². The summed E-state index contributed by atoms with van der Waals surface area (Å²) < 4.78 is 11.4. The van der Waals surface area contributed by atoms with Gasteiger partial charge in [0.2, 0.25) is 0 Å². The quantitative estimate of drug-likeness (QED) is 0.0823. The Hall–Kier alpha value is -2.92. The third kappa shape index (κ3) is 11.3. The zero-order chi connectivity index (χ0) is 28.4. The highest BCUT2D eigenvalue weighted by Crippen LogP contribution is 2.27. The number of unbranched alkanes of at least 4 members (excludes halogenated alkanes) is 11. The van der Waals surface area contributed by atoms with Gasteiger partial charge in [-0.3, -0.25) is 0 Å². The molecule has 3 aromatic rings. The van der Waals surface area contributed by atoms with Crippen LogP contribution < -0.4 is 9.47 Å². The Balaban J connectivity index is 1.43. The molecule has 216 valence electrons. The molecule has 0 amide bonds. The standard InChI is InChI=1S/C34H45ClN2O3/c1-3-5-7-9-11-12-14-16-27-25-36-33(37-26-27)28-17-20-30(21-18-28)40-34(38)29-19-22-32(31(35)24-29)39-23-15-13-10-8-6-4-2/h17-22,24-26H,3-16,23H2,1-2H3. The molecule has 1 heterocycles. The molecule has 40 heavy (non-hydrogen) atoms. The number of halogens is 1. The fourth-order valence-electron chi connectivity index (χ4n) is 4.57. The van der Waals surface area contributed by atoms with Crippen LogP contribution >= 0.6 is 11.6 Å². The Labute approximate surface area is 245 Å². The predicted molar refractivity (Wildman–Crippen MR) is 164 cm³/mol. The van der Waals surface area contributed by atoms with Crippen molar-refractivity contribution in [1.29, 1.82) is 0 Å². The summed E-state index contributed by atoms with van der Waals surface area (Å²) in [4.78, 5) is 21.8. The van der Waals surface area contributed by atoms with Gasteiger partial charge in [-0.2, -0.15) is 0 Å². The zero-order valence-electron chi connectivity index (χ0n) is 24.3. The number of benzene rings is 2. The summed E-state index contributed by atoms with van der Waals surface area (Å²) in [6, 6.07) is 12.2. The first kappa shape index (κ1) is 31.6. The highest BCUT2D eigenvalue weighted by molar-refractivity contribution is 6.32. The second-order valence-corrected chi connectivity index (χ2v) is 10.9. The summed E-state index contributed by atoms with van der Waals surface area (Å²) in [5.41, 5.74) is 2.42. The molecule has 0 spiro atoms. The van der Waals surface area contributed by atoms with Crippen molar-refractivity contribution >= 4 is 17.6 Å². The topological polar surface area (TPSA) is 61.3 Å². The van der Waals surface area contributed by atoms with Crippen LogP contribution in [-0.2, 0) is 6.42 Å². The molecule has 0 aliphatic carbocycles. The van der Waals surface area contributed by atoms with E-state index in [1.54, 1.807) is 30.3 Å². The van der Waals surface area contributed by atoms with Gasteiger partial charge < -0.3 is 9.47 Å². The van der Waals surface area contributed by atoms with E-state index in [-0.39, 0.29) is 0 Å². The third-order valence-corrected chi connectivity index (χ3v) is 7.32. The maximum atomic E-state index is 12.7. The molecule has 0 saturated carbocycles. The fraction of sp³-hybridized carbons (Fsp3) is 0.500. The maximum absolute atomic E-state index is 12.7. The summed E-state index contributed by atoms with van der Waals surface area (Å²) in [5.74, 6) is 1.22. The number of aromatic nitrogens is 2. The number of esters is 1. The van der Waals surface area contributed by atoms with E-state index in [1.165, 1.54) is 76.2 Å². The number of rotatable bonds is 19. The lowest BCUT2D eigenvalue weighted by atomic mass is 10.1. The number of hydrogen-bond acceptors (Lipinski definition) is 5. The number of ether oxygens (including phenoxy) is 2. The smallest absolute Gasteiger partial charge is 0.343 e. The van der Waals surface area contributed by atoms with Crippen LogP contribution in [0.3, 0.4) is 0 Å². The van der Waals surface area contributed by atoms with Crippen molar-refractivity contribution in [1.82, 2.24) is 9.97 Å². The van der Waals surface area contributed by atoms with Gasteiger partial charge in [0.05, 0.1) is 17.2 Å². The molecule has 0 saturated heterocycles. The highest BCUT2D eigenvalue weighted by atomic mass is 35.5. The van der Waals surface area contributed by atoms with Crippen LogP contribution in [0.2, 0.25) is 5.02 Å². The van der Waals surface area contributed by atoms with Crippen LogP contribution in [0.5, 0.6) is 11.5 Å². The SMILES string of the molecule is CCCCCCCCCc1cnc(-c2ccc(OC(=O)c3ccc(OCCCCCCCC)c(Cl)c3)cc2)nc1. The second kappa shape index (κ2) is 18.4. The van der Waals surface area contributed by atoms with Gasteiger partial charge >= 0.3 is 5.97 Å². The van der Waals surface area contributed by atoms with Crippen LogP contribution in [0, 0.1) is 0 Å². The summed E-state index contributed by atoms with van der Waals surface area (Å²) in [7, 11) is 0.